The van der Waals surface area contributed by atoms with Crippen molar-refractivity contribution < 1.29 is 19.1 Å². The molecule has 2 aromatic carbocycles. The number of anilines is 2. The molecule has 4 rings (SSSR count). The maximum absolute atomic E-state index is 12.3. The number of amides is 1. The van der Waals surface area contributed by atoms with Gasteiger partial charge in [-0.3, -0.25) is 9.59 Å². The van der Waals surface area contributed by atoms with Gasteiger partial charge in [0.15, 0.2) is 28.8 Å². The Labute approximate surface area is 166 Å². The predicted molar refractivity (Wildman–Crippen MR) is 105 cm³/mol. The van der Waals surface area contributed by atoms with Crippen LogP contribution in [-0.2, 0) is 6.54 Å². The number of aromatic nitrogens is 2. The highest BCUT2D eigenvalue weighted by molar-refractivity contribution is 5.95. The molecule has 146 valence electrons. The average Bonchev–Trinajstić information content (AvgIpc) is 3.20. The van der Waals surface area contributed by atoms with E-state index in [0.717, 1.165) is 5.56 Å². The fourth-order valence-electron chi connectivity index (χ4n) is 2.81. The molecule has 3 aromatic rings. The zero-order valence-electron chi connectivity index (χ0n) is 15.6. The van der Waals surface area contributed by atoms with E-state index in [1.165, 1.54) is 6.92 Å². The molecule has 0 atom stereocenters. The Hall–Kier alpha value is -3.94. The van der Waals surface area contributed by atoms with Gasteiger partial charge in [-0.05, 0) is 48.9 Å². The van der Waals surface area contributed by atoms with Gasteiger partial charge in [0, 0.05) is 17.8 Å². The lowest BCUT2D eigenvalue weighted by Crippen LogP contribution is -2.24. The van der Waals surface area contributed by atoms with Gasteiger partial charge < -0.3 is 20.1 Å². The second-order valence-electron chi connectivity index (χ2n) is 6.44. The second kappa shape index (κ2) is 7.97. The fourth-order valence-corrected chi connectivity index (χ4v) is 2.81. The normalized spacial score (nSPS) is 11.8. The van der Waals surface area contributed by atoms with Crippen LogP contribution in [0.1, 0.15) is 33.3 Å². The van der Waals surface area contributed by atoms with Crippen LogP contribution in [-0.4, -0.2) is 28.7 Å². The predicted octanol–water partition coefficient (Wildman–Crippen LogP) is 3.08. The van der Waals surface area contributed by atoms with Gasteiger partial charge >= 0.3 is 0 Å². The Bertz CT molecular complexity index is 1070. The minimum atomic E-state index is -0.333. The Morgan fingerprint density at radius 1 is 1.00 bits per heavy atom. The highest BCUT2D eigenvalue weighted by Crippen LogP contribution is 2.32. The van der Waals surface area contributed by atoms with Crippen LogP contribution in [0.3, 0.4) is 0 Å². The van der Waals surface area contributed by atoms with Crippen molar-refractivity contribution >= 4 is 23.2 Å². The van der Waals surface area contributed by atoms with Crippen molar-refractivity contribution in [1.29, 1.82) is 0 Å². The number of hydrogen-bond donors (Lipinski definition) is 2. The monoisotopic (exact) mass is 390 g/mol. The lowest BCUT2D eigenvalue weighted by Gasteiger charge is -2.08. The lowest BCUT2D eigenvalue weighted by atomic mass is 10.1. The summed E-state index contributed by atoms with van der Waals surface area (Å²) in [6.45, 7) is 2.05. The number of rotatable bonds is 6. The average molecular weight is 390 g/mol. The van der Waals surface area contributed by atoms with Gasteiger partial charge in [0.2, 0.25) is 6.79 Å². The summed E-state index contributed by atoms with van der Waals surface area (Å²) in [5.74, 6) is 1.48. The summed E-state index contributed by atoms with van der Waals surface area (Å²) < 4.78 is 10.6. The van der Waals surface area contributed by atoms with Crippen LogP contribution in [0.5, 0.6) is 11.5 Å². The van der Waals surface area contributed by atoms with Gasteiger partial charge in [0.1, 0.15) is 0 Å². The number of carbonyl (C=O) groups is 2. The summed E-state index contributed by atoms with van der Waals surface area (Å²) in [7, 11) is 0. The van der Waals surface area contributed by atoms with E-state index in [1.807, 2.05) is 24.3 Å². The molecular weight excluding hydrogens is 372 g/mol. The van der Waals surface area contributed by atoms with E-state index in [4.69, 9.17) is 9.47 Å². The molecule has 0 aliphatic carbocycles. The topological polar surface area (TPSA) is 102 Å². The highest BCUT2D eigenvalue weighted by Gasteiger charge is 2.14. The van der Waals surface area contributed by atoms with Crippen LogP contribution < -0.4 is 20.1 Å². The molecule has 1 aliphatic heterocycles. The minimum absolute atomic E-state index is 0.0192. The first-order valence-corrected chi connectivity index (χ1v) is 8.97. The quantitative estimate of drug-likeness (QED) is 0.624. The van der Waals surface area contributed by atoms with Crippen molar-refractivity contribution in [2.45, 2.75) is 13.5 Å². The van der Waals surface area contributed by atoms with E-state index in [1.54, 1.807) is 30.3 Å². The molecule has 0 saturated carbocycles. The van der Waals surface area contributed by atoms with Gasteiger partial charge in [-0.25, -0.2) is 0 Å². The van der Waals surface area contributed by atoms with E-state index < -0.39 is 0 Å². The van der Waals surface area contributed by atoms with Crippen molar-refractivity contribution in [2.75, 3.05) is 12.1 Å². The van der Waals surface area contributed by atoms with Crippen LogP contribution in [0, 0.1) is 0 Å². The molecule has 1 amide bonds. The van der Waals surface area contributed by atoms with Crippen molar-refractivity contribution in [3.63, 3.8) is 0 Å². The molecule has 0 saturated heterocycles. The van der Waals surface area contributed by atoms with E-state index in [-0.39, 0.29) is 24.2 Å². The van der Waals surface area contributed by atoms with E-state index in [2.05, 4.69) is 20.8 Å². The molecule has 0 bridgehead atoms. The molecular formula is C21H18N4O4. The van der Waals surface area contributed by atoms with Gasteiger partial charge in [0.25, 0.3) is 5.91 Å². The van der Waals surface area contributed by atoms with Gasteiger partial charge in [-0.1, -0.05) is 18.2 Å². The van der Waals surface area contributed by atoms with Gasteiger partial charge in [-0.15, -0.1) is 10.2 Å². The molecule has 2 heterocycles. The third-order valence-corrected chi connectivity index (χ3v) is 4.33. The smallest absolute Gasteiger partial charge is 0.272 e. The summed E-state index contributed by atoms with van der Waals surface area (Å²) in [6, 6.07) is 15.8. The number of ketones is 1. The molecule has 0 spiro atoms. The summed E-state index contributed by atoms with van der Waals surface area (Å²) in [4.78, 5) is 23.8. The van der Waals surface area contributed by atoms with Crippen LogP contribution >= 0.6 is 0 Å². The second-order valence-corrected chi connectivity index (χ2v) is 6.44. The Morgan fingerprint density at radius 3 is 2.66 bits per heavy atom. The number of carbonyl (C=O) groups excluding carboxylic acids is 2. The van der Waals surface area contributed by atoms with Crippen molar-refractivity contribution in [3.8, 4) is 11.5 Å². The third kappa shape index (κ3) is 4.32. The summed E-state index contributed by atoms with van der Waals surface area (Å²) in [5, 5.41) is 13.9. The van der Waals surface area contributed by atoms with Crippen LogP contribution in [0.2, 0.25) is 0 Å². The van der Waals surface area contributed by atoms with Gasteiger partial charge in [0.05, 0.1) is 0 Å². The van der Waals surface area contributed by atoms with E-state index in [0.29, 0.717) is 35.1 Å². The lowest BCUT2D eigenvalue weighted by molar-refractivity contribution is 0.0944. The fraction of sp³-hybridized carbons (Fsp3) is 0.143. The first kappa shape index (κ1) is 18.4. The van der Waals surface area contributed by atoms with Crippen LogP contribution in [0.4, 0.5) is 11.5 Å². The molecule has 29 heavy (non-hydrogen) atoms. The molecule has 1 aliphatic rings. The number of nitrogens with one attached hydrogen (secondary N) is 2. The number of nitrogens with zero attached hydrogens (tertiary/aromatic N) is 2. The Morgan fingerprint density at radius 2 is 1.86 bits per heavy atom. The van der Waals surface area contributed by atoms with Crippen molar-refractivity contribution in [1.82, 2.24) is 15.5 Å². The zero-order valence-corrected chi connectivity index (χ0v) is 15.6. The summed E-state index contributed by atoms with van der Waals surface area (Å²) in [6.07, 6.45) is 0. The molecule has 8 heteroatoms. The highest BCUT2D eigenvalue weighted by atomic mass is 16.7. The first-order chi connectivity index (χ1) is 14.1. The SMILES string of the molecule is CC(=O)c1cccc(Nc2ccc(C(=O)NCc3ccc4c(c3)OCO4)nn2)c1. The summed E-state index contributed by atoms with van der Waals surface area (Å²) >= 11 is 0. The molecule has 0 unspecified atom stereocenters. The number of fused-ring (bicyclic) bond motifs is 1. The Kier molecular flexibility index (Phi) is 5.07. The molecule has 1 aromatic heterocycles. The van der Waals surface area contributed by atoms with Crippen molar-refractivity contribution in [2.24, 2.45) is 0 Å². The Balaban J connectivity index is 1.36. The number of ether oxygens (including phenoxy) is 2. The molecule has 0 fully saturated rings. The number of hydrogen-bond acceptors (Lipinski definition) is 7. The molecule has 2 N–H and O–H groups in total. The van der Waals surface area contributed by atoms with Crippen LogP contribution in [0.25, 0.3) is 0 Å². The molecule has 0 radical (unpaired) electrons. The standard InChI is InChI=1S/C21H18N4O4/c1-13(26)15-3-2-4-16(10-15)23-20-8-6-17(24-25-20)21(27)22-11-14-5-7-18-19(9-14)29-12-28-18/h2-10H,11-12H2,1H3,(H,22,27)(H,23,25). The van der Waals surface area contributed by atoms with E-state index >= 15 is 0 Å². The largest absolute Gasteiger partial charge is 0.454 e. The number of Topliss-reactive ketones (excluding diaryl/α,β-unsaturated/α-hetero) is 1. The summed E-state index contributed by atoms with van der Waals surface area (Å²) in [5.41, 5.74) is 2.41. The van der Waals surface area contributed by atoms with Crippen molar-refractivity contribution in [3.05, 3.63) is 71.4 Å². The van der Waals surface area contributed by atoms with Gasteiger partial charge in [-0.2, -0.15) is 0 Å². The van der Waals surface area contributed by atoms with Crippen LogP contribution in [0.15, 0.2) is 54.6 Å². The third-order valence-electron chi connectivity index (χ3n) is 4.33. The minimum Gasteiger partial charge on any atom is -0.454 e. The maximum atomic E-state index is 12.3. The number of benzene rings is 2. The molecule has 8 nitrogen and oxygen atoms in total. The zero-order chi connectivity index (χ0) is 20.2. The first-order valence-electron chi connectivity index (χ1n) is 8.97. The maximum Gasteiger partial charge on any atom is 0.272 e. The van der Waals surface area contributed by atoms with E-state index in [9.17, 15) is 9.59 Å².